The van der Waals surface area contributed by atoms with Crippen LogP contribution in [0.25, 0.3) is 0 Å². The van der Waals surface area contributed by atoms with Crippen molar-refractivity contribution in [2.75, 3.05) is 18.4 Å². The number of aryl methyl sites for hydroxylation is 2. The summed E-state index contributed by atoms with van der Waals surface area (Å²) in [5, 5.41) is 7.13. The molecule has 23 heavy (non-hydrogen) atoms. The molecule has 2 aromatic heterocycles. The molecule has 1 aliphatic heterocycles. The molecule has 3 rings (SSSR count). The number of likely N-dealkylation sites (tertiary alicyclic amines) is 1. The number of furan rings is 1. The van der Waals surface area contributed by atoms with E-state index in [1.54, 1.807) is 22.7 Å². The van der Waals surface area contributed by atoms with Gasteiger partial charge in [-0.05, 0) is 25.8 Å². The van der Waals surface area contributed by atoms with Crippen molar-refractivity contribution in [3.8, 4) is 0 Å². The fraction of sp³-hybridized carbons (Fsp3) is 0.438. The van der Waals surface area contributed by atoms with Crippen molar-refractivity contribution in [3.63, 3.8) is 0 Å². The Kier molecular flexibility index (Phi) is 4.18. The third-order valence-corrected chi connectivity index (χ3v) is 4.17. The second-order valence-corrected chi connectivity index (χ2v) is 5.86. The van der Waals surface area contributed by atoms with Crippen molar-refractivity contribution in [2.45, 2.75) is 19.8 Å². The van der Waals surface area contributed by atoms with Crippen LogP contribution in [0.2, 0.25) is 0 Å². The monoisotopic (exact) mass is 316 g/mol. The van der Waals surface area contributed by atoms with Crippen LogP contribution in [0.5, 0.6) is 0 Å². The number of hydrogen-bond acceptors (Lipinski definition) is 4. The van der Waals surface area contributed by atoms with Gasteiger partial charge >= 0.3 is 0 Å². The molecular formula is C16H20N4O3. The molecule has 0 aliphatic carbocycles. The fourth-order valence-corrected chi connectivity index (χ4v) is 2.87. The summed E-state index contributed by atoms with van der Waals surface area (Å²) >= 11 is 0. The molecule has 0 bridgehead atoms. The van der Waals surface area contributed by atoms with E-state index in [-0.39, 0.29) is 17.7 Å². The summed E-state index contributed by atoms with van der Waals surface area (Å²) in [6.07, 6.45) is 4.26. The standard InChI is InChI=1S/C16H20N4O3/c1-11-9-14(19(2)18-11)17-15(21)12-3-6-20(7-4-12)16(22)13-5-8-23-10-13/h5,8-10,12H,3-4,6-7H2,1-2H3,(H,17,21). The number of anilines is 1. The number of nitrogens with zero attached hydrogens (tertiary/aromatic N) is 3. The lowest BCUT2D eigenvalue weighted by atomic mass is 9.95. The summed E-state index contributed by atoms with van der Waals surface area (Å²) in [6, 6.07) is 3.50. The van der Waals surface area contributed by atoms with E-state index in [2.05, 4.69) is 10.4 Å². The van der Waals surface area contributed by atoms with Crippen LogP contribution in [-0.4, -0.2) is 39.6 Å². The highest BCUT2D eigenvalue weighted by Crippen LogP contribution is 2.21. The Bertz CT molecular complexity index is 697. The van der Waals surface area contributed by atoms with E-state index < -0.39 is 0 Å². The van der Waals surface area contributed by atoms with E-state index in [9.17, 15) is 9.59 Å². The minimum Gasteiger partial charge on any atom is -0.472 e. The van der Waals surface area contributed by atoms with Gasteiger partial charge in [0.1, 0.15) is 12.1 Å². The Morgan fingerprint density at radius 3 is 2.65 bits per heavy atom. The van der Waals surface area contributed by atoms with Crippen molar-refractivity contribution in [1.82, 2.24) is 14.7 Å². The maximum absolute atomic E-state index is 12.4. The van der Waals surface area contributed by atoms with Gasteiger partial charge in [-0.15, -0.1) is 0 Å². The van der Waals surface area contributed by atoms with E-state index in [1.807, 2.05) is 13.0 Å². The minimum absolute atomic E-state index is 0.0107. The first-order chi connectivity index (χ1) is 11.0. The molecular weight excluding hydrogens is 296 g/mol. The first-order valence-corrected chi connectivity index (χ1v) is 7.67. The number of nitrogens with one attached hydrogen (secondary N) is 1. The summed E-state index contributed by atoms with van der Waals surface area (Å²) < 4.78 is 6.60. The van der Waals surface area contributed by atoms with Gasteiger partial charge in [0, 0.05) is 32.1 Å². The number of carbonyl (C=O) groups excluding carboxylic acids is 2. The first kappa shape index (κ1) is 15.3. The Balaban J connectivity index is 1.55. The van der Waals surface area contributed by atoms with Gasteiger partial charge in [-0.2, -0.15) is 5.10 Å². The summed E-state index contributed by atoms with van der Waals surface area (Å²) in [6.45, 7) is 3.04. The zero-order valence-corrected chi connectivity index (χ0v) is 13.3. The average Bonchev–Trinajstić information content (AvgIpc) is 3.17. The van der Waals surface area contributed by atoms with Crippen molar-refractivity contribution in [3.05, 3.63) is 35.9 Å². The molecule has 7 nitrogen and oxygen atoms in total. The molecule has 0 aromatic carbocycles. The third-order valence-electron chi connectivity index (χ3n) is 4.17. The van der Waals surface area contributed by atoms with Gasteiger partial charge in [-0.1, -0.05) is 0 Å². The number of rotatable bonds is 3. The van der Waals surface area contributed by atoms with E-state index in [1.165, 1.54) is 12.5 Å². The van der Waals surface area contributed by atoms with Crippen molar-refractivity contribution >= 4 is 17.6 Å². The summed E-state index contributed by atoms with van der Waals surface area (Å²) in [7, 11) is 1.80. The van der Waals surface area contributed by atoms with Crippen LogP contribution in [-0.2, 0) is 11.8 Å². The molecule has 0 spiro atoms. The maximum atomic E-state index is 12.4. The van der Waals surface area contributed by atoms with Gasteiger partial charge < -0.3 is 14.6 Å². The number of amides is 2. The molecule has 0 unspecified atom stereocenters. The molecule has 2 amide bonds. The van der Waals surface area contributed by atoms with Gasteiger partial charge in [0.05, 0.1) is 17.5 Å². The lowest BCUT2D eigenvalue weighted by Crippen LogP contribution is -2.41. The lowest BCUT2D eigenvalue weighted by Gasteiger charge is -2.31. The summed E-state index contributed by atoms with van der Waals surface area (Å²) in [5.74, 6) is 0.561. The lowest BCUT2D eigenvalue weighted by molar-refractivity contribution is -0.121. The van der Waals surface area contributed by atoms with Gasteiger partial charge in [0.25, 0.3) is 5.91 Å². The van der Waals surface area contributed by atoms with Crippen LogP contribution in [0.3, 0.4) is 0 Å². The van der Waals surface area contributed by atoms with E-state index in [0.717, 1.165) is 5.69 Å². The molecule has 0 saturated carbocycles. The van der Waals surface area contributed by atoms with E-state index >= 15 is 0 Å². The van der Waals surface area contributed by atoms with Gasteiger partial charge in [-0.25, -0.2) is 0 Å². The molecule has 1 aliphatic rings. The Hall–Kier alpha value is -2.57. The van der Waals surface area contributed by atoms with Crippen LogP contribution >= 0.6 is 0 Å². The molecule has 2 aromatic rings. The largest absolute Gasteiger partial charge is 0.472 e. The third kappa shape index (κ3) is 3.28. The van der Waals surface area contributed by atoms with E-state index in [4.69, 9.17) is 4.42 Å². The van der Waals surface area contributed by atoms with Crippen LogP contribution in [0.15, 0.2) is 29.1 Å². The fourth-order valence-electron chi connectivity index (χ4n) is 2.87. The number of hydrogen-bond donors (Lipinski definition) is 1. The predicted octanol–water partition coefficient (Wildman–Crippen LogP) is 1.81. The minimum atomic E-state index is -0.0846. The molecule has 1 fully saturated rings. The van der Waals surface area contributed by atoms with Crippen molar-refractivity contribution < 1.29 is 14.0 Å². The summed E-state index contributed by atoms with van der Waals surface area (Å²) in [4.78, 5) is 26.4. The Labute approximate surface area is 134 Å². The van der Waals surface area contributed by atoms with Crippen LogP contribution < -0.4 is 5.32 Å². The van der Waals surface area contributed by atoms with Crippen molar-refractivity contribution in [2.24, 2.45) is 13.0 Å². The number of carbonyl (C=O) groups is 2. The molecule has 1 saturated heterocycles. The Morgan fingerprint density at radius 2 is 2.09 bits per heavy atom. The normalized spacial score (nSPS) is 15.7. The quantitative estimate of drug-likeness (QED) is 0.936. The highest BCUT2D eigenvalue weighted by atomic mass is 16.3. The van der Waals surface area contributed by atoms with Crippen LogP contribution in [0, 0.1) is 12.8 Å². The summed E-state index contributed by atoms with van der Waals surface area (Å²) in [5.41, 5.74) is 1.42. The highest BCUT2D eigenvalue weighted by Gasteiger charge is 2.28. The molecule has 1 N–H and O–H groups in total. The molecule has 0 radical (unpaired) electrons. The first-order valence-electron chi connectivity index (χ1n) is 7.67. The highest BCUT2D eigenvalue weighted by molar-refractivity contribution is 5.94. The molecule has 0 atom stereocenters. The van der Waals surface area contributed by atoms with Gasteiger partial charge in [0.15, 0.2) is 0 Å². The topological polar surface area (TPSA) is 80.4 Å². The molecule has 7 heteroatoms. The van der Waals surface area contributed by atoms with Gasteiger partial charge in [0.2, 0.25) is 5.91 Å². The second kappa shape index (κ2) is 6.28. The average molecular weight is 316 g/mol. The second-order valence-electron chi connectivity index (χ2n) is 5.86. The zero-order chi connectivity index (χ0) is 16.4. The maximum Gasteiger partial charge on any atom is 0.257 e. The van der Waals surface area contributed by atoms with Gasteiger partial charge in [-0.3, -0.25) is 14.3 Å². The Morgan fingerprint density at radius 1 is 1.35 bits per heavy atom. The van der Waals surface area contributed by atoms with E-state index in [0.29, 0.717) is 37.3 Å². The zero-order valence-electron chi connectivity index (χ0n) is 13.3. The molecule has 122 valence electrons. The van der Waals surface area contributed by atoms with Crippen LogP contribution in [0.1, 0.15) is 28.9 Å². The molecule has 3 heterocycles. The SMILES string of the molecule is Cc1cc(NC(=O)C2CCN(C(=O)c3ccoc3)CC2)n(C)n1. The smallest absolute Gasteiger partial charge is 0.257 e. The number of piperidine rings is 1. The predicted molar refractivity (Wildman–Crippen MR) is 83.9 cm³/mol. The van der Waals surface area contributed by atoms with Crippen molar-refractivity contribution in [1.29, 1.82) is 0 Å². The number of aromatic nitrogens is 2. The van der Waals surface area contributed by atoms with Crippen LogP contribution in [0.4, 0.5) is 5.82 Å².